The Morgan fingerprint density at radius 2 is 2.19 bits per heavy atom. The van der Waals surface area contributed by atoms with Gasteiger partial charge in [-0.25, -0.2) is 4.98 Å². The fraction of sp³-hybridized carbons (Fsp3) is 0.400. The molecule has 6 nitrogen and oxygen atoms in total. The van der Waals surface area contributed by atoms with Gasteiger partial charge in [0, 0.05) is 32.4 Å². The molecule has 1 aliphatic rings. The monoisotopic (exact) mass is 482 g/mol. The summed E-state index contributed by atoms with van der Waals surface area (Å²) >= 11 is 0. The van der Waals surface area contributed by atoms with Gasteiger partial charge in [0.15, 0.2) is 5.96 Å². The highest BCUT2D eigenvalue weighted by Crippen LogP contribution is 2.25. The number of nitrogens with zero attached hydrogens (tertiary/aromatic N) is 3. The van der Waals surface area contributed by atoms with Gasteiger partial charge in [-0.15, -0.1) is 24.0 Å². The first-order valence-corrected chi connectivity index (χ1v) is 8.83. The second kappa shape index (κ2) is 10.5. The quantitative estimate of drug-likeness (QED) is 0.412. The van der Waals surface area contributed by atoms with Crippen LogP contribution >= 0.6 is 24.0 Å². The van der Waals surface area contributed by atoms with E-state index in [9.17, 15) is 0 Å². The fourth-order valence-electron chi connectivity index (χ4n) is 3.16. The molecule has 1 N–H and O–H groups in total. The number of hydrogen-bond donors (Lipinski definition) is 1. The second-order valence-corrected chi connectivity index (χ2v) is 6.27. The summed E-state index contributed by atoms with van der Waals surface area (Å²) in [4.78, 5) is 10.8. The van der Waals surface area contributed by atoms with Crippen molar-refractivity contribution in [3.63, 3.8) is 0 Å². The van der Waals surface area contributed by atoms with Gasteiger partial charge in [-0.05, 0) is 29.7 Å². The van der Waals surface area contributed by atoms with E-state index in [1.807, 2.05) is 19.2 Å². The number of ether oxygens (including phenoxy) is 2. The van der Waals surface area contributed by atoms with Crippen LogP contribution in [0.1, 0.15) is 22.8 Å². The first-order valence-electron chi connectivity index (χ1n) is 8.83. The summed E-state index contributed by atoms with van der Waals surface area (Å²) in [6.45, 7) is 5.08. The number of guanidine groups is 1. The topological polar surface area (TPSA) is 59.0 Å². The maximum atomic E-state index is 6.01. The normalized spacial score (nSPS) is 17.2. The number of pyridine rings is 1. The number of halogens is 1. The Hall–Kier alpha value is -1.87. The zero-order valence-corrected chi connectivity index (χ0v) is 18.3. The molecule has 2 heterocycles. The largest absolute Gasteiger partial charge is 0.481 e. The van der Waals surface area contributed by atoms with Gasteiger partial charge in [0.25, 0.3) is 0 Å². The highest BCUT2D eigenvalue weighted by molar-refractivity contribution is 14.0. The standard InChI is InChI=1S/C20H26N4O2.HI/c1-15-6-4-5-7-17(15)18-14-24(10-11-26-18)20(21-2)23-13-16-8-9-22-19(12-16)25-3;/h4-9,12,18H,10-11,13-14H2,1-3H3,(H,21,23);1H. The first-order chi connectivity index (χ1) is 12.7. The molecule has 1 saturated heterocycles. The van der Waals surface area contributed by atoms with Crippen molar-refractivity contribution in [2.24, 2.45) is 4.99 Å². The molecule has 0 saturated carbocycles. The summed E-state index contributed by atoms with van der Waals surface area (Å²) in [5.41, 5.74) is 3.60. The molecule has 2 aromatic rings. The Morgan fingerprint density at radius 1 is 1.37 bits per heavy atom. The lowest BCUT2D eigenvalue weighted by Gasteiger charge is -2.35. The van der Waals surface area contributed by atoms with Crippen LogP contribution in [0.25, 0.3) is 0 Å². The van der Waals surface area contributed by atoms with E-state index in [1.54, 1.807) is 13.3 Å². The van der Waals surface area contributed by atoms with E-state index < -0.39 is 0 Å². The van der Waals surface area contributed by atoms with E-state index in [4.69, 9.17) is 9.47 Å². The van der Waals surface area contributed by atoms with Gasteiger partial charge in [0.1, 0.15) is 6.10 Å². The number of benzene rings is 1. The zero-order chi connectivity index (χ0) is 18.4. The molecule has 1 unspecified atom stereocenters. The molecule has 0 aliphatic carbocycles. The summed E-state index contributed by atoms with van der Waals surface area (Å²) in [5, 5.41) is 3.43. The molecule has 27 heavy (non-hydrogen) atoms. The Morgan fingerprint density at radius 3 is 2.93 bits per heavy atom. The summed E-state index contributed by atoms with van der Waals surface area (Å²) < 4.78 is 11.2. The van der Waals surface area contributed by atoms with E-state index in [1.165, 1.54) is 11.1 Å². The van der Waals surface area contributed by atoms with Gasteiger partial charge in [-0.1, -0.05) is 24.3 Å². The highest BCUT2D eigenvalue weighted by Gasteiger charge is 2.25. The van der Waals surface area contributed by atoms with Crippen molar-refractivity contribution in [1.29, 1.82) is 0 Å². The van der Waals surface area contributed by atoms with Gasteiger partial charge in [-0.2, -0.15) is 0 Å². The molecule has 1 aromatic heterocycles. The van der Waals surface area contributed by atoms with Crippen LogP contribution in [0.4, 0.5) is 0 Å². The number of aryl methyl sites for hydroxylation is 1. The molecule has 0 amide bonds. The average molecular weight is 482 g/mol. The van der Waals surface area contributed by atoms with Crippen LogP contribution in [0, 0.1) is 6.92 Å². The molecule has 0 radical (unpaired) electrons. The molecule has 0 spiro atoms. The third-order valence-corrected chi connectivity index (χ3v) is 4.57. The maximum absolute atomic E-state index is 6.01. The third-order valence-electron chi connectivity index (χ3n) is 4.57. The number of morpholine rings is 1. The maximum Gasteiger partial charge on any atom is 0.213 e. The van der Waals surface area contributed by atoms with Gasteiger partial charge in [0.05, 0.1) is 20.3 Å². The first kappa shape index (κ1) is 21.4. The summed E-state index contributed by atoms with van der Waals surface area (Å²) in [7, 11) is 3.44. The fourth-order valence-corrected chi connectivity index (χ4v) is 3.16. The minimum atomic E-state index is 0. The van der Waals surface area contributed by atoms with Gasteiger partial charge in [-0.3, -0.25) is 4.99 Å². The Labute approximate surface area is 178 Å². The molecule has 3 rings (SSSR count). The minimum Gasteiger partial charge on any atom is -0.481 e. The lowest BCUT2D eigenvalue weighted by atomic mass is 10.0. The predicted octanol–water partition coefficient (Wildman–Crippen LogP) is 3.17. The van der Waals surface area contributed by atoms with Crippen molar-refractivity contribution < 1.29 is 9.47 Å². The smallest absolute Gasteiger partial charge is 0.213 e. The third kappa shape index (κ3) is 5.55. The van der Waals surface area contributed by atoms with Gasteiger partial charge < -0.3 is 19.7 Å². The van der Waals surface area contributed by atoms with Gasteiger partial charge in [0.2, 0.25) is 5.88 Å². The van der Waals surface area contributed by atoms with E-state index in [2.05, 4.69) is 51.4 Å². The van der Waals surface area contributed by atoms with Crippen LogP contribution in [-0.4, -0.2) is 49.7 Å². The second-order valence-electron chi connectivity index (χ2n) is 6.27. The summed E-state index contributed by atoms with van der Waals surface area (Å²) in [5.74, 6) is 1.49. The molecule has 1 aliphatic heterocycles. The molecule has 1 aromatic carbocycles. The van der Waals surface area contributed by atoms with Crippen molar-refractivity contribution in [3.8, 4) is 5.88 Å². The van der Waals surface area contributed by atoms with Gasteiger partial charge >= 0.3 is 0 Å². The Kier molecular flexibility index (Phi) is 8.30. The van der Waals surface area contributed by atoms with Crippen molar-refractivity contribution in [2.75, 3.05) is 33.9 Å². The number of aromatic nitrogens is 1. The van der Waals surface area contributed by atoms with Crippen molar-refractivity contribution in [2.45, 2.75) is 19.6 Å². The molecule has 0 bridgehead atoms. The van der Waals surface area contributed by atoms with Crippen LogP contribution in [0.15, 0.2) is 47.6 Å². The van der Waals surface area contributed by atoms with E-state index in [-0.39, 0.29) is 30.1 Å². The summed E-state index contributed by atoms with van der Waals surface area (Å²) in [6.07, 6.45) is 1.81. The molecule has 1 fully saturated rings. The van der Waals surface area contributed by atoms with Crippen LogP contribution < -0.4 is 10.1 Å². The van der Waals surface area contributed by atoms with E-state index in [0.717, 1.165) is 24.6 Å². The van der Waals surface area contributed by atoms with E-state index in [0.29, 0.717) is 19.0 Å². The number of rotatable bonds is 4. The average Bonchev–Trinajstić information content (AvgIpc) is 2.69. The van der Waals surface area contributed by atoms with Crippen LogP contribution in [0.2, 0.25) is 0 Å². The molecular formula is C20H27IN4O2. The predicted molar refractivity (Wildman–Crippen MR) is 118 cm³/mol. The van der Waals surface area contributed by atoms with E-state index >= 15 is 0 Å². The minimum absolute atomic E-state index is 0. The molecule has 1 atom stereocenters. The van der Waals surface area contributed by atoms with Crippen molar-refractivity contribution >= 4 is 29.9 Å². The van der Waals surface area contributed by atoms with Crippen LogP contribution in [-0.2, 0) is 11.3 Å². The Bertz CT molecular complexity index is 769. The summed E-state index contributed by atoms with van der Waals surface area (Å²) in [6, 6.07) is 12.3. The molecular weight excluding hydrogens is 455 g/mol. The molecule has 146 valence electrons. The molecule has 7 heteroatoms. The van der Waals surface area contributed by atoms with Crippen molar-refractivity contribution in [1.82, 2.24) is 15.2 Å². The Balaban J connectivity index is 0.00000261. The van der Waals surface area contributed by atoms with Crippen molar-refractivity contribution in [3.05, 3.63) is 59.3 Å². The lowest BCUT2D eigenvalue weighted by Crippen LogP contribution is -2.48. The lowest BCUT2D eigenvalue weighted by molar-refractivity contribution is -0.00833. The SMILES string of the molecule is CN=C(NCc1ccnc(OC)c1)N1CCOC(c2ccccc2C)C1.I. The number of hydrogen-bond acceptors (Lipinski definition) is 4. The highest BCUT2D eigenvalue weighted by atomic mass is 127. The number of aliphatic imine (C=N–C) groups is 1. The number of methoxy groups -OCH3 is 1. The zero-order valence-electron chi connectivity index (χ0n) is 16.0. The van der Waals surface area contributed by atoms with Crippen LogP contribution in [0.3, 0.4) is 0 Å². The van der Waals surface area contributed by atoms with Crippen LogP contribution in [0.5, 0.6) is 5.88 Å². The number of nitrogens with one attached hydrogen (secondary N) is 1.